The van der Waals surface area contributed by atoms with Crippen molar-refractivity contribution in [3.05, 3.63) is 65.0 Å². The number of ether oxygens (including phenoxy) is 3. The third kappa shape index (κ3) is 6.16. The van der Waals surface area contributed by atoms with Crippen molar-refractivity contribution >= 4 is 23.4 Å². The first-order valence-corrected chi connectivity index (χ1v) is 12.4. The second-order valence-corrected chi connectivity index (χ2v) is 9.16. The maximum atomic E-state index is 13.2. The number of nitrogens with zero attached hydrogens (tertiary/aromatic N) is 3. The van der Waals surface area contributed by atoms with Crippen LogP contribution in [0.3, 0.4) is 0 Å². The Hall–Kier alpha value is -3.46. The molecule has 1 aliphatic heterocycles. The van der Waals surface area contributed by atoms with Crippen LogP contribution >= 0.6 is 11.5 Å². The molecule has 4 rings (SSSR count). The molecule has 1 aromatic heterocycles. The summed E-state index contributed by atoms with van der Waals surface area (Å²) >= 11 is 1.15. The van der Waals surface area contributed by atoms with E-state index in [1.165, 1.54) is 5.56 Å². The first-order chi connectivity index (χ1) is 17.0. The normalized spacial score (nSPS) is 15.5. The monoisotopic (exact) mass is 495 g/mol. The van der Waals surface area contributed by atoms with Gasteiger partial charge in [-0.25, -0.2) is 0 Å². The van der Waals surface area contributed by atoms with Gasteiger partial charge in [0.25, 0.3) is 11.1 Å². The van der Waals surface area contributed by atoms with Crippen molar-refractivity contribution in [2.75, 3.05) is 26.8 Å². The van der Waals surface area contributed by atoms with Crippen molar-refractivity contribution in [1.29, 1.82) is 0 Å². The molecule has 0 N–H and O–H groups in total. The number of rotatable bonds is 8. The minimum Gasteiger partial charge on any atom is -0.493 e. The number of hydrogen-bond donors (Lipinski definition) is 0. The Bertz CT molecular complexity index is 1180. The fourth-order valence-electron chi connectivity index (χ4n) is 4.02. The number of piperidine rings is 1. The van der Waals surface area contributed by atoms with Gasteiger partial charge in [-0.2, -0.15) is 9.36 Å². The first-order valence-electron chi connectivity index (χ1n) is 11.7. The van der Waals surface area contributed by atoms with Crippen molar-refractivity contribution in [2.45, 2.75) is 33.1 Å². The highest BCUT2D eigenvalue weighted by Gasteiger charge is 2.30. The number of hydrogen-bond acceptors (Lipinski definition) is 8. The van der Waals surface area contributed by atoms with Gasteiger partial charge in [-0.3, -0.25) is 9.59 Å². The molecule has 1 amide bonds. The molecule has 0 aliphatic carbocycles. The van der Waals surface area contributed by atoms with E-state index in [2.05, 4.69) is 33.6 Å². The predicted molar refractivity (Wildman–Crippen MR) is 132 cm³/mol. The topological polar surface area (TPSA) is 90.9 Å². The number of methoxy groups -OCH3 is 1. The van der Waals surface area contributed by atoms with E-state index in [4.69, 9.17) is 14.2 Å². The Morgan fingerprint density at radius 1 is 1.14 bits per heavy atom. The smallest absolute Gasteiger partial charge is 0.310 e. The molecule has 2 aromatic carbocycles. The SMILES string of the molecule is CCOC(=O)C1CCCN(C(=O)c2ccc(OC)c(Oc3nc(Cc4ccc(C)cc4)ns3)c2)C1. The lowest BCUT2D eigenvalue weighted by atomic mass is 9.97. The van der Waals surface area contributed by atoms with Gasteiger partial charge in [0.15, 0.2) is 17.3 Å². The summed E-state index contributed by atoms with van der Waals surface area (Å²) in [4.78, 5) is 31.6. The van der Waals surface area contributed by atoms with Gasteiger partial charge in [0.1, 0.15) is 0 Å². The molecule has 0 bridgehead atoms. The Kier molecular flexibility index (Phi) is 7.97. The van der Waals surface area contributed by atoms with Crippen LogP contribution < -0.4 is 9.47 Å². The number of aryl methyl sites for hydroxylation is 1. The summed E-state index contributed by atoms with van der Waals surface area (Å²) < 4.78 is 21.0. The molecular weight excluding hydrogens is 466 g/mol. The fourth-order valence-corrected chi connectivity index (χ4v) is 4.58. The van der Waals surface area contributed by atoms with Crippen LogP contribution in [0.25, 0.3) is 0 Å². The number of esters is 1. The van der Waals surface area contributed by atoms with Gasteiger partial charge < -0.3 is 19.1 Å². The molecule has 8 nitrogen and oxygen atoms in total. The summed E-state index contributed by atoms with van der Waals surface area (Å²) in [7, 11) is 1.54. The molecule has 1 unspecified atom stereocenters. The molecule has 0 saturated carbocycles. The Morgan fingerprint density at radius 3 is 2.69 bits per heavy atom. The Labute approximate surface area is 209 Å². The third-order valence-corrected chi connectivity index (χ3v) is 6.50. The number of carbonyl (C=O) groups excluding carboxylic acids is 2. The van der Waals surface area contributed by atoms with Gasteiger partial charge in [-0.1, -0.05) is 29.8 Å². The summed E-state index contributed by atoms with van der Waals surface area (Å²) in [5.74, 6) is 0.828. The minimum absolute atomic E-state index is 0.163. The number of amides is 1. The highest BCUT2D eigenvalue weighted by molar-refractivity contribution is 7.07. The molecule has 1 saturated heterocycles. The van der Waals surface area contributed by atoms with Gasteiger partial charge in [0.2, 0.25) is 0 Å². The van der Waals surface area contributed by atoms with Crippen LogP contribution in [-0.4, -0.2) is 52.9 Å². The van der Waals surface area contributed by atoms with E-state index in [1.54, 1.807) is 37.1 Å². The standard InChI is InChI=1S/C26H29N3O5S/c1-4-33-25(31)20-6-5-13-29(16-20)24(30)19-11-12-21(32-3)22(15-19)34-26-27-23(28-35-26)14-18-9-7-17(2)8-10-18/h7-12,15,20H,4-6,13-14,16H2,1-3H3. The quantitative estimate of drug-likeness (QED) is 0.420. The lowest BCUT2D eigenvalue weighted by molar-refractivity contribution is -0.149. The maximum absolute atomic E-state index is 13.2. The Morgan fingerprint density at radius 2 is 1.94 bits per heavy atom. The van der Waals surface area contributed by atoms with Crippen LogP contribution in [0.4, 0.5) is 0 Å². The maximum Gasteiger partial charge on any atom is 0.310 e. The van der Waals surface area contributed by atoms with Gasteiger partial charge >= 0.3 is 5.97 Å². The van der Waals surface area contributed by atoms with Gasteiger partial charge in [0.05, 0.1) is 19.6 Å². The van der Waals surface area contributed by atoms with E-state index >= 15 is 0 Å². The van der Waals surface area contributed by atoms with E-state index in [9.17, 15) is 9.59 Å². The fraction of sp³-hybridized carbons (Fsp3) is 0.385. The molecule has 1 fully saturated rings. The van der Waals surface area contributed by atoms with E-state index in [0.717, 1.165) is 29.9 Å². The van der Waals surface area contributed by atoms with Crippen molar-refractivity contribution < 1.29 is 23.8 Å². The van der Waals surface area contributed by atoms with E-state index in [1.807, 2.05) is 6.92 Å². The van der Waals surface area contributed by atoms with Crippen molar-refractivity contribution in [1.82, 2.24) is 14.3 Å². The van der Waals surface area contributed by atoms with E-state index < -0.39 is 0 Å². The predicted octanol–water partition coefficient (Wildman–Crippen LogP) is 4.65. The van der Waals surface area contributed by atoms with Gasteiger partial charge in [-0.15, -0.1) is 0 Å². The molecule has 35 heavy (non-hydrogen) atoms. The van der Waals surface area contributed by atoms with Gasteiger partial charge in [0, 0.05) is 36.6 Å². The second kappa shape index (κ2) is 11.3. The first kappa shape index (κ1) is 24.7. The average molecular weight is 496 g/mol. The minimum atomic E-state index is -0.296. The summed E-state index contributed by atoms with van der Waals surface area (Å²) in [6, 6.07) is 13.3. The van der Waals surface area contributed by atoms with E-state index in [-0.39, 0.29) is 17.8 Å². The second-order valence-electron chi connectivity index (χ2n) is 8.45. The zero-order valence-electron chi connectivity index (χ0n) is 20.2. The zero-order valence-corrected chi connectivity index (χ0v) is 21.0. The van der Waals surface area contributed by atoms with Crippen LogP contribution in [0.5, 0.6) is 16.7 Å². The molecular formula is C26H29N3O5S. The van der Waals surface area contributed by atoms with Crippen molar-refractivity contribution in [2.24, 2.45) is 5.92 Å². The highest BCUT2D eigenvalue weighted by atomic mass is 32.1. The van der Waals surface area contributed by atoms with Crippen LogP contribution in [0, 0.1) is 12.8 Å². The molecule has 9 heteroatoms. The average Bonchev–Trinajstić information content (AvgIpc) is 3.31. The molecule has 2 heterocycles. The number of benzene rings is 2. The lowest BCUT2D eigenvalue weighted by Gasteiger charge is -2.31. The summed E-state index contributed by atoms with van der Waals surface area (Å²) in [6.07, 6.45) is 2.08. The zero-order chi connectivity index (χ0) is 24.8. The van der Waals surface area contributed by atoms with Crippen LogP contribution in [-0.2, 0) is 16.0 Å². The molecule has 1 atom stereocenters. The van der Waals surface area contributed by atoms with Crippen LogP contribution in [0.15, 0.2) is 42.5 Å². The molecule has 0 spiro atoms. The van der Waals surface area contributed by atoms with Crippen molar-refractivity contribution in [3.8, 4) is 16.7 Å². The highest BCUT2D eigenvalue weighted by Crippen LogP contribution is 2.34. The summed E-state index contributed by atoms with van der Waals surface area (Å²) in [5, 5.41) is 0.371. The van der Waals surface area contributed by atoms with Gasteiger partial charge in [-0.05, 0) is 50.5 Å². The molecule has 0 radical (unpaired) electrons. The van der Waals surface area contributed by atoms with Crippen LogP contribution in [0.1, 0.15) is 47.1 Å². The Balaban J connectivity index is 1.47. The lowest BCUT2D eigenvalue weighted by Crippen LogP contribution is -2.42. The number of carbonyl (C=O) groups is 2. The molecule has 184 valence electrons. The van der Waals surface area contributed by atoms with E-state index in [0.29, 0.717) is 54.2 Å². The summed E-state index contributed by atoms with van der Waals surface area (Å²) in [5.41, 5.74) is 2.77. The largest absolute Gasteiger partial charge is 0.493 e. The van der Waals surface area contributed by atoms with Crippen molar-refractivity contribution in [3.63, 3.8) is 0 Å². The van der Waals surface area contributed by atoms with Crippen LogP contribution in [0.2, 0.25) is 0 Å². The molecule has 3 aromatic rings. The number of likely N-dealkylation sites (tertiary alicyclic amines) is 1. The third-order valence-electron chi connectivity index (χ3n) is 5.87. The summed E-state index contributed by atoms with van der Waals surface area (Å²) in [6.45, 7) is 5.11. The molecule has 1 aliphatic rings. The number of aromatic nitrogens is 2.